The number of H-pyrrole nitrogens is 1. The molecule has 3 aromatic rings. The van der Waals surface area contributed by atoms with Gasteiger partial charge in [-0.05, 0) is 36.8 Å². The molecule has 0 atom stereocenters. The Labute approximate surface area is 176 Å². The van der Waals surface area contributed by atoms with E-state index < -0.39 is 28.9 Å². The molecule has 1 aromatic carbocycles. The number of nitrogens with zero attached hydrogens (tertiary/aromatic N) is 3. The third-order valence-corrected chi connectivity index (χ3v) is 5.20. The number of carbonyl (C=O) groups is 2. The van der Waals surface area contributed by atoms with E-state index in [-0.39, 0.29) is 24.3 Å². The van der Waals surface area contributed by atoms with Crippen LogP contribution in [0.3, 0.4) is 0 Å². The van der Waals surface area contributed by atoms with E-state index in [4.69, 9.17) is 4.74 Å². The van der Waals surface area contributed by atoms with E-state index in [1.807, 2.05) is 13.8 Å². The molecule has 0 bridgehead atoms. The molecule has 4 rings (SSSR count). The molecule has 9 heteroatoms. The molecule has 0 radical (unpaired) electrons. The predicted molar refractivity (Wildman–Crippen MR) is 109 cm³/mol. The molecule has 1 N–H and O–H groups in total. The molecule has 0 aliphatic carbocycles. The Hall–Kier alpha value is -3.62. The van der Waals surface area contributed by atoms with Gasteiger partial charge in [-0.3, -0.25) is 4.79 Å². The second-order valence-corrected chi connectivity index (χ2v) is 7.88. The molecule has 0 fully saturated rings. The van der Waals surface area contributed by atoms with E-state index in [1.165, 1.54) is 17.2 Å². The number of aromatic nitrogens is 3. The fourth-order valence-corrected chi connectivity index (χ4v) is 3.91. The number of hydrogen-bond acceptors (Lipinski definition) is 5. The lowest BCUT2D eigenvalue weighted by molar-refractivity contribution is -0.136. The molecule has 160 valence electrons. The van der Waals surface area contributed by atoms with Crippen LogP contribution in [-0.4, -0.2) is 45.1 Å². The number of aromatic amines is 1. The summed E-state index contributed by atoms with van der Waals surface area (Å²) in [5.41, 5.74) is 1.26. The average molecular weight is 426 g/mol. The maximum absolute atomic E-state index is 13.7. The van der Waals surface area contributed by atoms with Crippen molar-refractivity contribution in [3.8, 4) is 0 Å². The summed E-state index contributed by atoms with van der Waals surface area (Å²) >= 11 is 0. The van der Waals surface area contributed by atoms with Gasteiger partial charge >= 0.3 is 5.97 Å². The van der Waals surface area contributed by atoms with E-state index in [9.17, 15) is 18.4 Å². The second kappa shape index (κ2) is 7.57. The number of carbonyl (C=O) groups excluding carboxylic acids is 2. The van der Waals surface area contributed by atoms with E-state index in [0.29, 0.717) is 11.3 Å². The Kier molecular flexibility index (Phi) is 5.04. The van der Waals surface area contributed by atoms with E-state index >= 15 is 0 Å². The van der Waals surface area contributed by atoms with Crippen molar-refractivity contribution >= 4 is 28.5 Å². The first-order valence-corrected chi connectivity index (χ1v) is 9.72. The van der Waals surface area contributed by atoms with Crippen LogP contribution < -0.4 is 0 Å². The van der Waals surface area contributed by atoms with Crippen LogP contribution in [-0.2, 0) is 14.9 Å². The van der Waals surface area contributed by atoms with Crippen molar-refractivity contribution in [2.45, 2.75) is 26.2 Å². The van der Waals surface area contributed by atoms with Crippen LogP contribution in [0.2, 0.25) is 0 Å². The number of benzene rings is 1. The van der Waals surface area contributed by atoms with Crippen LogP contribution in [0.4, 0.5) is 8.78 Å². The summed E-state index contributed by atoms with van der Waals surface area (Å²) in [6, 6.07) is 4.74. The van der Waals surface area contributed by atoms with Gasteiger partial charge in [-0.1, -0.05) is 13.8 Å². The molecule has 2 aromatic heterocycles. The van der Waals surface area contributed by atoms with E-state index in [1.54, 1.807) is 19.2 Å². The zero-order valence-electron chi connectivity index (χ0n) is 17.2. The van der Waals surface area contributed by atoms with Crippen LogP contribution in [0.5, 0.6) is 0 Å². The lowest BCUT2D eigenvalue weighted by Crippen LogP contribution is -2.37. The summed E-state index contributed by atoms with van der Waals surface area (Å²) in [5.74, 6) is -3.35. The minimum absolute atomic E-state index is 0.0320. The third-order valence-electron chi connectivity index (χ3n) is 5.20. The van der Waals surface area contributed by atoms with Crippen LogP contribution in [0.15, 0.2) is 36.7 Å². The average Bonchev–Trinajstić information content (AvgIpc) is 3.07. The third kappa shape index (κ3) is 3.56. The fraction of sp³-hybridized carbons (Fsp3) is 0.273. The monoisotopic (exact) mass is 426 g/mol. The number of hydrogen-bond donors (Lipinski definition) is 1. The molecule has 7 nitrogen and oxygen atoms in total. The van der Waals surface area contributed by atoms with Gasteiger partial charge in [0.2, 0.25) is 0 Å². The smallest absolute Gasteiger partial charge is 0.341 e. The second-order valence-electron chi connectivity index (χ2n) is 7.88. The van der Waals surface area contributed by atoms with Gasteiger partial charge in [0.25, 0.3) is 5.91 Å². The highest BCUT2D eigenvalue weighted by Crippen LogP contribution is 2.40. The maximum atomic E-state index is 13.7. The number of rotatable bonds is 3. The number of amides is 1. The van der Waals surface area contributed by atoms with Gasteiger partial charge < -0.3 is 14.6 Å². The molecule has 1 aliphatic heterocycles. The number of ether oxygens (including phenoxy) is 1. The topological polar surface area (TPSA) is 88.2 Å². The Morgan fingerprint density at radius 1 is 1.23 bits per heavy atom. The van der Waals surface area contributed by atoms with Crippen molar-refractivity contribution in [2.24, 2.45) is 0 Å². The largest absolute Gasteiger partial charge is 0.462 e. The van der Waals surface area contributed by atoms with Crippen molar-refractivity contribution in [1.82, 2.24) is 20.1 Å². The molecule has 0 saturated carbocycles. The molecule has 0 unspecified atom stereocenters. The Morgan fingerprint density at radius 2 is 2.00 bits per heavy atom. The Bertz CT molecular complexity index is 1230. The van der Waals surface area contributed by atoms with Gasteiger partial charge in [-0.25, -0.2) is 13.6 Å². The van der Waals surface area contributed by atoms with E-state index in [2.05, 4.69) is 15.2 Å². The van der Waals surface area contributed by atoms with Crippen molar-refractivity contribution in [2.75, 3.05) is 13.2 Å². The fourth-order valence-electron chi connectivity index (χ4n) is 3.91. The SMILES string of the molecule is CCOC(=O)C1=CN(C(=O)c2ccc(F)c(F)c2)CC(C)(C)c2c1[nH]c1nnccc21. The molecule has 31 heavy (non-hydrogen) atoms. The standard InChI is InChI=1S/C22H20F2N4O3/c1-4-31-21(30)14-10-28(20(29)12-5-6-15(23)16(24)9-12)11-22(2,3)17-13-7-8-25-27-19(13)26-18(14)17/h5-10H,4,11H2,1-3H3,(H,26,27). The van der Waals surface area contributed by atoms with Gasteiger partial charge in [0.05, 0.1) is 24.1 Å². The molecule has 1 aliphatic rings. The first-order chi connectivity index (χ1) is 14.7. The summed E-state index contributed by atoms with van der Waals surface area (Å²) in [6.07, 6.45) is 2.94. The highest BCUT2D eigenvalue weighted by molar-refractivity contribution is 6.18. The predicted octanol–water partition coefficient (Wildman–Crippen LogP) is 3.57. The highest BCUT2D eigenvalue weighted by atomic mass is 19.2. The van der Waals surface area contributed by atoms with E-state index in [0.717, 1.165) is 23.1 Å². The number of esters is 1. The van der Waals surface area contributed by atoms with Gasteiger partial charge in [0.1, 0.15) is 0 Å². The Morgan fingerprint density at radius 3 is 2.71 bits per heavy atom. The lowest BCUT2D eigenvalue weighted by atomic mass is 9.82. The summed E-state index contributed by atoms with van der Waals surface area (Å²) in [6.45, 7) is 5.85. The van der Waals surface area contributed by atoms with Gasteiger partial charge in [0, 0.05) is 29.1 Å². The number of halogens is 2. The molecular formula is C22H20F2N4O3. The summed E-state index contributed by atoms with van der Waals surface area (Å²) in [5, 5.41) is 8.75. The summed E-state index contributed by atoms with van der Waals surface area (Å²) in [4.78, 5) is 30.4. The zero-order valence-corrected chi connectivity index (χ0v) is 17.2. The van der Waals surface area contributed by atoms with Crippen molar-refractivity contribution in [1.29, 1.82) is 0 Å². The van der Waals surface area contributed by atoms with Crippen LogP contribution in [0.25, 0.3) is 16.6 Å². The first kappa shape index (κ1) is 20.6. The van der Waals surface area contributed by atoms with Gasteiger partial charge in [0.15, 0.2) is 17.3 Å². The number of fused-ring (bicyclic) bond motifs is 3. The van der Waals surface area contributed by atoms with Crippen LogP contribution >= 0.6 is 0 Å². The summed E-state index contributed by atoms with van der Waals surface area (Å²) in [7, 11) is 0. The maximum Gasteiger partial charge on any atom is 0.341 e. The number of nitrogens with one attached hydrogen (secondary N) is 1. The molecule has 1 amide bonds. The quantitative estimate of drug-likeness (QED) is 0.647. The molecule has 3 heterocycles. The van der Waals surface area contributed by atoms with Crippen LogP contribution in [0.1, 0.15) is 42.4 Å². The van der Waals surface area contributed by atoms with Crippen molar-refractivity contribution in [3.63, 3.8) is 0 Å². The van der Waals surface area contributed by atoms with Crippen molar-refractivity contribution < 1.29 is 23.1 Å². The molecule has 0 spiro atoms. The Balaban J connectivity index is 1.89. The molecular weight excluding hydrogens is 406 g/mol. The molecule has 0 saturated heterocycles. The van der Waals surface area contributed by atoms with Crippen molar-refractivity contribution in [3.05, 3.63) is 65.1 Å². The first-order valence-electron chi connectivity index (χ1n) is 9.72. The van der Waals surface area contributed by atoms with Gasteiger partial charge in [-0.2, -0.15) is 5.10 Å². The highest BCUT2D eigenvalue weighted by Gasteiger charge is 2.37. The van der Waals surface area contributed by atoms with Gasteiger partial charge in [-0.15, -0.1) is 5.10 Å². The minimum Gasteiger partial charge on any atom is -0.462 e. The van der Waals surface area contributed by atoms with Crippen LogP contribution in [0, 0.1) is 11.6 Å². The normalized spacial score (nSPS) is 15.3. The zero-order chi connectivity index (χ0) is 22.3. The summed E-state index contributed by atoms with van der Waals surface area (Å²) < 4.78 is 32.3. The minimum atomic E-state index is -1.12. The lowest BCUT2D eigenvalue weighted by Gasteiger charge is -2.29.